The highest BCUT2D eigenvalue weighted by molar-refractivity contribution is 5.94. The lowest BCUT2D eigenvalue weighted by molar-refractivity contribution is -0.184. The maximum Gasteiger partial charge on any atom is 0.414 e. The lowest BCUT2D eigenvalue weighted by Crippen LogP contribution is -2.30. The van der Waals surface area contributed by atoms with Crippen LogP contribution in [0.1, 0.15) is 23.0 Å². The quantitative estimate of drug-likeness (QED) is 0.846. The Kier molecular flexibility index (Phi) is 3.84. The zero-order valence-electron chi connectivity index (χ0n) is 10.3. The zero-order chi connectivity index (χ0) is 14.8. The van der Waals surface area contributed by atoms with E-state index in [2.05, 4.69) is 19.9 Å². The average Bonchev–Trinajstić information content (AvgIpc) is 2.83. The van der Waals surface area contributed by atoms with Gasteiger partial charge in [0, 0.05) is 6.20 Å². The third-order valence-electron chi connectivity index (χ3n) is 2.39. The van der Waals surface area contributed by atoms with Gasteiger partial charge in [0.15, 0.2) is 6.61 Å². The van der Waals surface area contributed by atoms with Crippen molar-refractivity contribution in [2.24, 2.45) is 0 Å². The van der Waals surface area contributed by atoms with Crippen LogP contribution in [0.5, 0.6) is 0 Å². The molecule has 0 radical (unpaired) electrons. The standard InChI is InChI=1S/C10H10F3N5O2/c1-2-7-6(3-14-9-15-5-16-18(7)9)8(19)17-20-4-10(11,12)13/h3,5H,2,4H2,1H3,(H,17,19). The Bertz CT molecular complexity index is 625. The van der Waals surface area contributed by atoms with Gasteiger partial charge in [0.25, 0.3) is 11.7 Å². The first-order chi connectivity index (χ1) is 9.42. The highest BCUT2D eigenvalue weighted by Crippen LogP contribution is 2.14. The molecule has 1 N–H and O–H groups in total. The van der Waals surface area contributed by atoms with Gasteiger partial charge in [-0.1, -0.05) is 6.92 Å². The SMILES string of the molecule is CCc1c(C(=O)NOCC(F)(F)F)cnc2ncnn12. The number of carbonyl (C=O) groups is 1. The number of aromatic nitrogens is 4. The van der Waals surface area contributed by atoms with Crippen molar-refractivity contribution >= 4 is 11.7 Å². The molecule has 10 heteroatoms. The number of amides is 1. The zero-order valence-corrected chi connectivity index (χ0v) is 10.3. The summed E-state index contributed by atoms with van der Waals surface area (Å²) in [6.07, 6.45) is -1.61. The second-order valence-corrected chi connectivity index (χ2v) is 3.78. The first-order valence-electron chi connectivity index (χ1n) is 5.59. The minimum atomic E-state index is -4.52. The third kappa shape index (κ3) is 3.02. The average molecular weight is 289 g/mol. The van der Waals surface area contributed by atoms with E-state index in [1.165, 1.54) is 17.0 Å². The summed E-state index contributed by atoms with van der Waals surface area (Å²) in [6.45, 7) is 0.197. The Morgan fingerprint density at radius 1 is 1.45 bits per heavy atom. The first kappa shape index (κ1) is 14.2. The summed E-state index contributed by atoms with van der Waals surface area (Å²) in [5.41, 5.74) is 2.28. The van der Waals surface area contributed by atoms with Gasteiger partial charge in [0.2, 0.25) is 0 Å². The Morgan fingerprint density at radius 2 is 2.20 bits per heavy atom. The normalized spacial score (nSPS) is 11.8. The van der Waals surface area contributed by atoms with E-state index >= 15 is 0 Å². The van der Waals surface area contributed by atoms with E-state index in [1.807, 2.05) is 0 Å². The van der Waals surface area contributed by atoms with Gasteiger partial charge in [0.1, 0.15) is 6.33 Å². The highest BCUT2D eigenvalue weighted by atomic mass is 19.4. The summed E-state index contributed by atoms with van der Waals surface area (Å²) in [7, 11) is 0. The molecule has 0 spiro atoms. The van der Waals surface area contributed by atoms with Crippen LogP contribution in [0, 0.1) is 0 Å². The monoisotopic (exact) mass is 289 g/mol. The summed E-state index contributed by atoms with van der Waals surface area (Å²) >= 11 is 0. The predicted molar refractivity (Wildman–Crippen MR) is 59.6 cm³/mol. The molecular weight excluding hydrogens is 279 g/mol. The molecule has 0 aliphatic heterocycles. The van der Waals surface area contributed by atoms with Gasteiger partial charge in [-0.05, 0) is 6.42 Å². The van der Waals surface area contributed by atoms with Crippen LogP contribution >= 0.6 is 0 Å². The maximum atomic E-state index is 11.9. The molecule has 2 heterocycles. The Morgan fingerprint density at radius 3 is 2.85 bits per heavy atom. The second kappa shape index (κ2) is 5.41. The van der Waals surface area contributed by atoms with Crippen molar-refractivity contribution in [3.8, 4) is 0 Å². The van der Waals surface area contributed by atoms with Gasteiger partial charge in [-0.15, -0.1) is 0 Å². The lowest BCUT2D eigenvalue weighted by Gasteiger charge is -2.10. The van der Waals surface area contributed by atoms with Crippen LogP contribution < -0.4 is 5.48 Å². The van der Waals surface area contributed by atoms with Crippen molar-refractivity contribution in [2.75, 3.05) is 6.61 Å². The molecule has 0 unspecified atom stereocenters. The molecule has 108 valence electrons. The fourth-order valence-corrected chi connectivity index (χ4v) is 1.59. The smallest absolute Gasteiger partial charge is 0.267 e. The van der Waals surface area contributed by atoms with Crippen LogP contribution in [-0.2, 0) is 11.3 Å². The van der Waals surface area contributed by atoms with Crippen LogP contribution in [0.2, 0.25) is 0 Å². The summed E-state index contributed by atoms with van der Waals surface area (Å²) in [5.74, 6) is -0.523. The Hall–Kier alpha value is -2.23. The van der Waals surface area contributed by atoms with Crippen molar-refractivity contribution in [1.82, 2.24) is 25.1 Å². The molecule has 0 saturated carbocycles. The fraction of sp³-hybridized carbons (Fsp3) is 0.400. The van der Waals surface area contributed by atoms with Crippen molar-refractivity contribution in [3.63, 3.8) is 0 Å². The number of fused-ring (bicyclic) bond motifs is 1. The fourth-order valence-electron chi connectivity index (χ4n) is 1.59. The number of aryl methyl sites for hydroxylation is 1. The summed E-state index contributed by atoms with van der Waals surface area (Å²) in [4.78, 5) is 23.6. The van der Waals surface area contributed by atoms with E-state index in [-0.39, 0.29) is 5.56 Å². The van der Waals surface area contributed by atoms with Crippen molar-refractivity contribution in [3.05, 3.63) is 23.8 Å². The minimum Gasteiger partial charge on any atom is -0.267 e. The molecule has 0 aromatic carbocycles. The van der Waals surface area contributed by atoms with Gasteiger partial charge in [-0.2, -0.15) is 23.3 Å². The van der Waals surface area contributed by atoms with Crippen molar-refractivity contribution in [1.29, 1.82) is 0 Å². The molecule has 0 saturated heterocycles. The molecule has 2 aromatic heterocycles. The predicted octanol–water partition coefficient (Wildman–Crippen LogP) is 0.910. The number of nitrogens with zero attached hydrogens (tertiary/aromatic N) is 4. The number of halogens is 3. The van der Waals surface area contributed by atoms with Gasteiger partial charge < -0.3 is 0 Å². The number of hydrogen-bond donors (Lipinski definition) is 1. The van der Waals surface area contributed by atoms with Crippen LogP contribution in [0.4, 0.5) is 13.2 Å². The highest BCUT2D eigenvalue weighted by Gasteiger charge is 2.28. The number of nitrogens with one attached hydrogen (secondary N) is 1. The van der Waals surface area contributed by atoms with E-state index < -0.39 is 18.7 Å². The lowest BCUT2D eigenvalue weighted by atomic mass is 10.2. The number of rotatable bonds is 4. The molecule has 7 nitrogen and oxygen atoms in total. The molecular formula is C10H10F3N5O2. The van der Waals surface area contributed by atoms with Crippen molar-refractivity contribution in [2.45, 2.75) is 19.5 Å². The van der Waals surface area contributed by atoms with E-state index in [0.29, 0.717) is 17.9 Å². The summed E-state index contributed by atoms with van der Waals surface area (Å²) < 4.78 is 37.1. The maximum absolute atomic E-state index is 11.9. The van der Waals surface area contributed by atoms with Crippen LogP contribution in [0.15, 0.2) is 12.5 Å². The molecule has 2 rings (SSSR count). The molecule has 0 atom stereocenters. The van der Waals surface area contributed by atoms with Gasteiger partial charge in [0.05, 0.1) is 11.3 Å². The van der Waals surface area contributed by atoms with E-state index in [4.69, 9.17) is 0 Å². The number of carbonyl (C=O) groups excluding carboxylic acids is 1. The summed E-state index contributed by atoms with van der Waals surface area (Å²) in [5, 5.41) is 3.89. The van der Waals surface area contributed by atoms with E-state index in [9.17, 15) is 18.0 Å². The topological polar surface area (TPSA) is 81.4 Å². The van der Waals surface area contributed by atoms with Crippen LogP contribution in [0.3, 0.4) is 0 Å². The molecule has 20 heavy (non-hydrogen) atoms. The molecule has 2 aromatic rings. The molecule has 1 amide bonds. The van der Waals surface area contributed by atoms with E-state index in [1.54, 1.807) is 12.4 Å². The molecule has 0 bridgehead atoms. The van der Waals surface area contributed by atoms with Crippen LogP contribution in [0.25, 0.3) is 5.78 Å². The molecule has 0 aliphatic rings. The van der Waals surface area contributed by atoms with Gasteiger partial charge >= 0.3 is 6.18 Å². The van der Waals surface area contributed by atoms with Gasteiger partial charge in [-0.3, -0.25) is 9.63 Å². The van der Waals surface area contributed by atoms with Crippen molar-refractivity contribution < 1.29 is 22.8 Å². The van der Waals surface area contributed by atoms with Gasteiger partial charge in [-0.25, -0.2) is 15.0 Å². The van der Waals surface area contributed by atoms with E-state index in [0.717, 1.165) is 0 Å². The third-order valence-corrected chi connectivity index (χ3v) is 2.39. The summed E-state index contributed by atoms with van der Waals surface area (Å²) in [6, 6.07) is 0. The number of hydrogen-bond acceptors (Lipinski definition) is 5. The molecule has 0 aliphatic carbocycles. The Balaban J connectivity index is 2.17. The molecule has 0 fully saturated rings. The first-order valence-corrected chi connectivity index (χ1v) is 5.59. The number of alkyl halides is 3. The Labute approximate surface area is 110 Å². The number of hydroxylamine groups is 1. The van der Waals surface area contributed by atoms with Crippen LogP contribution in [-0.4, -0.2) is 38.3 Å². The largest absolute Gasteiger partial charge is 0.414 e. The second-order valence-electron chi connectivity index (χ2n) is 3.78. The minimum absolute atomic E-state index is 0.0766.